The molecule has 4 rings (SSSR count). The van der Waals surface area contributed by atoms with E-state index in [1.807, 2.05) is 17.2 Å². The number of nitrogens with zero attached hydrogens (tertiary/aromatic N) is 1. The summed E-state index contributed by atoms with van der Waals surface area (Å²) < 4.78 is 0. The van der Waals surface area contributed by atoms with Gasteiger partial charge in [0, 0.05) is 0 Å². The van der Waals surface area contributed by atoms with E-state index >= 15 is 0 Å². The normalized spacial score (nSPS) is 23.7. The average Bonchev–Trinajstić information content (AvgIpc) is 2.74. The largest absolute Gasteiger partial charge is 0.213 e. The lowest BCUT2D eigenvalue weighted by Crippen LogP contribution is -2.40. The lowest BCUT2D eigenvalue weighted by Gasteiger charge is -2.43. The Labute approximate surface area is 154 Å². The quantitative estimate of drug-likeness (QED) is 0.665. The third kappa shape index (κ3) is 3.42. The molecule has 0 spiro atoms. The summed E-state index contributed by atoms with van der Waals surface area (Å²) in [4.78, 5) is 5.44. The Bertz CT molecular complexity index is 758. The van der Waals surface area contributed by atoms with Gasteiger partial charge in [0.2, 0.25) is 0 Å². The Kier molecular flexibility index (Phi) is 5.12. The van der Waals surface area contributed by atoms with E-state index in [1.54, 1.807) is 0 Å². The van der Waals surface area contributed by atoms with Gasteiger partial charge in [0.15, 0.2) is 0 Å². The van der Waals surface area contributed by atoms with Crippen LogP contribution < -0.4 is 5.90 Å². The summed E-state index contributed by atoms with van der Waals surface area (Å²) in [6, 6.07) is 32.0. The van der Waals surface area contributed by atoms with Gasteiger partial charge in [-0.15, -0.1) is 0 Å². The molecule has 0 amide bonds. The highest BCUT2D eigenvalue weighted by Crippen LogP contribution is 2.47. The number of hydrogen-bond donors (Lipinski definition) is 1. The first kappa shape index (κ1) is 17.0. The molecule has 0 saturated carbocycles. The fourth-order valence-corrected chi connectivity index (χ4v) is 4.12. The summed E-state index contributed by atoms with van der Waals surface area (Å²) in [5.41, 5.74) is 3.85. The Morgan fingerprint density at radius 2 is 1.00 bits per heavy atom. The van der Waals surface area contributed by atoms with Gasteiger partial charge in [-0.25, -0.2) is 4.94 Å². The van der Waals surface area contributed by atoms with Crippen LogP contribution in [0.3, 0.4) is 0 Å². The number of benzene rings is 3. The minimum atomic E-state index is 0.116. The van der Waals surface area contributed by atoms with Crippen molar-refractivity contribution < 1.29 is 4.94 Å². The van der Waals surface area contributed by atoms with Gasteiger partial charge in [0.1, 0.15) is 0 Å². The zero-order valence-electron chi connectivity index (χ0n) is 14.7. The Morgan fingerprint density at radius 1 is 0.615 bits per heavy atom. The second-order valence-electron chi connectivity index (χ2n) is 6.90. The molecular weight excluding hydrogens is 320 g/mol. The molecule has 3 aromatic carbocycles. The maximum absolute atomic E-state index is 5.77. The van der Waals surface area contributed by atoms with Crippen LogP contribution in [0.15, 0.2) is 91.0 Å². The molecule has 1 aliphatic rings. The van der Waals surface area contributed by atoms with E-state index in [4.69, 9.17) is 10.8 Å². The molecule has 26 heavy (non-hydrogen) atoms. The van der Waals surface area contributed by atoms with Gasteiger partial charge < -0.3 is 0 Å². The van der Waals surface area contributed by atoms with E-state index in [2.05, 4.69) is 78.9 Å². The van der Waals surface area contributed by atoms with Gasteiger partial charge in [-0.3, -0.25) is 0 Å². The third-order valence-electron chi connectivity index (χ3n) is 5.39. The predicted octanol–water partition coefficient (Wildman–Crippen LogP) is 5.15. The predicted molar refractivity (Wildman–Crippen MR) is 104 cm³/mol. The van der Waals surface area contributed by atoms with Crippen LogP contribution in [0.1, 0.15) is 47.5 Å². The third-order valence-corrected chi connectivity index (χ3v) is 5.39. The van der Waals surface area contributed by atoms with E-state index < -0.39 is 0 Å². The second-order valence-corrected chi connectivity index (χ2v) is 6.90. The van der Waals surface area contributed by atoms with Crippen molar-refractivity contribution in [2.24, 2.45) is 5.90 Å². The molecule has 0 unspecified atom stereocenters. The summed E-state index contributed by atoms with van der Waals surface area (Å²) in [5, 5.41) is 1.98. The van der Waals surface area contributed by atoms with Crippen molar-refractivity contribution in [3.63, 3.8) is 0 Å². The summed E-state index contributed by atoms with van der Waals surface area (Å²) in [6.07, 6.45) is 1.96. The number of piperidine rings is 1. The van der Waals surface area contributed by atoms with Gasteiger partial charge in [-0.05, 0) is 35.4 Å². The first-order valence-electron chi connectivity index (χ1n) is 9.17. The molecule has 0 radical (unpaired) electrons. The van der Waals surface area contributed by atoms with Crippen LogP contribution >= 0.6 is 0 Å². The average molecular weight is 344 g/mol. The molecule has 1 aliphatic heterocycles. The minimum Gasteiger partial charge on any atom is -0.213 e. The highest BCUT2D eigenvalue weighted by molar-refractivity contribution is 5.28. The molecule has 1 saturated heterocycles. The lowest BCUT2D eigenvalue weighted by molar-refractivity contribution is -0.238. The van der Waals surface area contributed by atoms with Crippen molar-refractivity contribution in [1.82, 2.24) is 5.06 Å². The standard InChI is InChI=1S/C23H24N2O/c24-26-25-22(19-12-6-2-7-13-19)16-21(18-10-4-1-5-11-18)17-23(25)20-14-8-3-9-15-20/h1-15,21-23H,16-17,24H2/t22-,23-/m0/s1. The second kappa shape index (κ2) is 7.83. The molecule has 1 fully saturated rings. The fourth-order valence-electron chi connectivity index (χ4n) is 4.12. The Hall–Kier alpha value is -2.46. The highest BCUT2D eigenvalue weighted by atomic mass is 16.8. The molecule has 3 nitrogen and oxygen atoms in total. The van der Waals surface area contributed by atoms with E-state index in [-0.39, 0.29) is 12.1 Å². The van der Waals surface area contributed by atoms with Gasteiger partial charge >= 0.3 is 0 Å². The van der Waals surface area contributed by atoms with Crippen molar-refractivity contribution in [2.75, 3.05) is 0 Å². The fraction of sp³-hybridized carbons (Fsp3) is 0.217. The maximum atomic E-state index is 5.77. The van der Waals surface area contributed by atoms with Crippen molar-refractivity contribution in [3.05, 3.63) is 108 Å². The van der Waals surface area contributed by atoms with Crippen LogP contribution in [0.4, 0.5) is 0 Å². The van der Waals surface area contributed by atoms with Crippen LogP contribution in [0.2, 0.25) is 0 Å². The van der Waals surface area contributed by atoms with E-state index in [1.165, 1.54) is 16.7 Å². The smallest absolute Gasteiger partial charge is 0.0633 e. The number of hydroxylamine groups is 2. The van der Waals surface area contributed by atoms with E-state index in [0.717, 1.165) is 12.8 Å². The van der Waals surface area contributed by atoms with Gasteiger partial charge in [-0.2, -0.15) is 11.0 Å². The van der Waals surface area contributed by atoms with E-state index in [0.29, 0.717) is 5.92 Å². The molecule has 3 heteroatoms. The molecule has 2 atom stereocenters. The minimum absolute atomic E-state index is 0.116. The van der Waals surface area contributed by atoms with Crippen molar-refractivity contribution in [1.29, 1.82) is 0 Å². The van der Waals surface area contributed by atoms with Crippen LogP contribution in [-0.2, 0) is 4.94 Å². The molecule has 0 aromatic heterocycles. The Balaban J connectivity index is 1.74. The van der Waals surface area contributed by atoms with Gasteiger partial charge in [0.25, 0.3) is 0 Å². The monoisotopic (exact) mass is 344 g/mol. The van der Waals surface area contributed by atoms with E-state index in [9.17, 15) is 0 Å². The molecule has 0 aliphatic carbocycles. The summed E-state index contributed by atoms with van der Waals surface area (Å²) in [5.74, 6) is 6.23. The molecule has 2 N–H and O–H groups in total. The van der Waals surface area contributed by atoms with Crippen LogP contribution in [-0.4, -0.2) is 5.06 Å². The molecule has 3 aromatic rings. The highest BCUT2D eigenvalue weighted by Gasteiger charge is 2.38. The number of hydrogen-bond acceptors (Lipinski definition) is 3. The van der Waals surface area contributed by atoms with Crippen molar-refractivity contribution in [2.45, 2.75) is 30.8 Å². The summed E-state index contributed by atoms with van der Waals surface area (Å²) in [7, 11) is 0. The SMILES string of the molecule is NON1[C@H](c2ccccc2)CC(c2ccccc2)C[C@H]1c1ccccc1. The van der Waals surface area contributed by atoms with Gasteiger partial charge in [0.05, 0.1) is 12.1 Å². The topological polar surface area (TPSA) is 38.5 Å². The van der Waals surface area contributed by atoms with Gasteiger partial charge in [-0.1, -0.05) is 91.0 Å². The van der Waals surface area contributed by atoms with Crippen molar-refractivity contribution in [3.8, 4) is 0 Å². The summed E-state index contributed by atoms with van der Waals surface area (Å²) >= 11 is 0. The Morgan fingerprint density at radius 3 is 1.38 bits per heavy atom. The van der Waals surface area contributed by atoms with Crippen LogP contribution in [0, 0.1) is 0 Å². The lowest BCUT2D eigenvalue weighted by atomic mass is 9.79. The first-order valence-corrected chi connectivity index (χ1v) is 9.17. The number of nitrogens with two attached hydrogens (primary N) is 1. The van der Waals surface area contributed by atoms with Crippen molar-refractivity contribution >= 4 is 0 Å². The number of rotatable bonds is 4. The maximum Gasteiger partial charge on any atom is 0.0633 e. The van der Waals surface area contributed by atoms with Crippen LogP contribution in [0.5, 0.6) is 0 Å². The zero-order chi connectivity index (χ0) is 17.8. The molecular formula is C23H24N2O. The molecule has 0 bridgehead atoms. The van der Waals surface area contributed by atoms with Crippen LogP contribution in [0.25, 0.3) is 0 Å². The first-order chi connectivity index (χ1) is 12.9. The summed E-state index contributed by atoms with van der Waals surface area (Å²) in [6.45, 7) is 0. The molecule has 132 valence electrons. The molecule has 1 heterocycles. The zero-order valence-corrected chi connectivity index (χ0v) is 14.7.